The standard InChI is InChI=1S/C15H24N2/c1-12(2)16-8-9-17(3)11-14-10-13-6-4-5-7-15(13)14/h4-7,12,14,16H,8-11H2,1-3H3. The van der Waals surface area contributed by atoms with E-state index in [1.54, 1.807) is 11.1 Å². The van der Waals surface area contributed by atoms with Crippen molar-refractivity contribution < 1.29 is 0 Å². The number of nitrogens with one attached hydrogen (secondary N) is 1. The van der Waals surface area contributed by atoms with Crippen LogP contribution in [-0.4, -0.2) is 37.6 Å². The maximum Gasteiger partial charge on any atom is 0.0104 e. The topological polar surface area (TPSA) is 15.3 Å². The lowest BCUT2D eigenvalue weighted by Gasteiger charge is -2.33. The van der Waals surface area contributed by atoms with E-state index in [0.29, 0.717) is 6.04 Å². The van der Waals surface area contributed by atoms with Gasteiger partial charge in [-0.15, -0.1) is 0 Å². The Bertz CT molecular complexity index is 360. The highest BCUT2D eigenvalue weighted by Crippen LogP contribution is 2.34. The van der Waals surface area contributed by atoms with Crippen molar-refractivity contribution in [3.63, 3.8) is 0 Å². The molecular weight excluding hydrogens is 208 g/mol. The molecule has 2 heteroatoms. The molecule has 0 amide bonds. The largest absolute Gasteiger partial charge is 0.313 e. The lowest BCUT2D eigenvalue weighted by Crippen LogP contribution is -2.36. The molecule has 0 radical (unpaired) electrons. The third-order valence-corrected chi connectivity index (χ3v) is 3.54. The molecule has 0 bridgehead atoms. The number of benzene rings is 1. The maximum absolute atomic E-state index is 3.46. The molecule has 1 N–H and O–H groups in total. The van der Waals surface area contributed by atoms with Crippen LogP contribution in [0, 0.1) is 0 Å². The van der Waals surface area contributed by atoms with Crippen molar-refractivity contribution in [1.82, 2.24) is 10.2 Å². The van der Waals surface area contributed by atoms with Crippen molar-refractivity contribution in [2.75, 3.05) is 26.7 Å². The smallest absolute Gasteiger partial charge is 0.0104 e. The van der Waals surface area contributed by atoms with Crippen LogP contribution in [0.1, 0.15) is 30.9 Å². The zero-order chi connectivity index (χ0) is 12.3. The predicted octanol–water partition coefficient (Wildman–Crippen LogP) is 2.26. The molecule has 2 nitrogen and oxygen atoms in total. The van der Waals surface area contributed by atoms with E-state index < -0.39 is 0 Å². The second-order valence-electron chi connectivity index (χ2n) is 5.47. The van der Waals surface area contributed by atoms with E-state index in [1.165, 1.54) is 13.0 Å². The Morgan fingerprint density at radius 1 is 1.35 bits per heavy atom. The summed E-state index contributed by atoms with van der Waals surface area (Å²) >= 11 is 0. The zero-order valence-electron chi connectivity index (χ0n) is 11.2. The van der Waals surface area contributed by atoms with Crippen LogP contribution in [-0.2, 0) is 6.42 Å². The van der Waals surface area contributed by atoms with Crippen LogP contribution in [0.15, 0.2) is 24.3 Å². The van der Waals surface area contributed by atoms with Gasteiger partial charge in [0.05, 0.1) is 0 Å². The first-order valence-corrected chi connectivity index (χ1v) is 6.66. The number of likely N-dealkylation sites (N-methyl/N-ethyl adjacent to an activating group) is 1. The molecule has 1 aromatic rings. The molecule has 0 heterocycles. The normalized spacial score (nSPS) is 18.3. The van der Waals surface area contributed by atoms with E-state index in [2.05, 4.69) is 55.4 Å². The molecule has 0 spiro atoms. The molecule has 0 saturated heterocycles. The fourth-order valence-electron chi connectivity index (χ4n) is 2.54. The average Bonchev–Trinajstić information content (AvgIpc) is 2.25. The van der Waals surface area contributed by atoms with Gasteiger partial charge in [-0.05, 0) is 24.6 Å². The van der Waals surface area contributed by atoms with Crippen molar-refractivity contribution in [3.8, 4) is 0 Å². The van der Waals surface area contributed by atoms with Crippen LogP contribution in [0.25, 0.3) is 0 Å². The minimum atomic E-state index is 0.591. The van der Waals surface area contributed by atoms with Crippen LogP contribution in [0.4, 0.5) is 0 Å². The van der Waals surface area contributed by atoms with E-state index in [1.807, 2.05) is 0 Å². The van der Waals surface area contributed by atoms with Gasteiger partial charge in [0.15, 0.2) is 0 Å². The van der Waals surface area contributed by atoms with Crippen LogP contribution in [0.5, 0.6) is 0 Å². The summed E-state index contributed by atoms with van der Waals surface area (Å²) in [6.45, 7) is 7.81. The minimum Gasteiger partial charge on any atom is -0.313 e. The summed E-state index contributed by atoms with van der Waals surface area (Å²) in [5.74, 6) is 0.759. The summed E-state index contributed by atoms with van der Waals surface area (Å²) in [6.07, 6.45) is 1.26. The Labute approximate surface area is 105 Å². The van der Waals surface area contributed by atoms with Crippen LogP contribution in [0.3, 0.4) is 0 Å². The summed E-state index contributed by atoms with van der Waals surface area (Å²) in [4.78, 5) is 2.44. The van der Waals surface area contributed by atoms with Crippen LogP contribution < -0.4 is 5.32 Å². The molecular formula is C15H24N2. The molecule has 17 heavy (non-hydrogen) atoms. The Kier molecular flexibility index (Phi) is 4.19. The highest BCUT2D eigenvalue weighted by molar-refractivity contribution is 5.40. The molecule has 94 valence electrons. The fourth-order valence-corrected chi connectivity index (χ4v) is 2.54. The number of hydrogen-bond donors (Lipinski definition) is 1. The molecule has 0 aliphatic heterocycles. The lowest BCUT2D eigenvalue weighted by molar-refractivity contribution is 0.294. The first-order chi connectivity index (χ1) is 8.16. The van der Waals surface area contributed by atoms with Crippen molar-refractivity contribution in [3.05, 3.63) is 35.4 Å². The molecule has 1 atom stereocenters. The highest BCUT2D eigenvalue weighted by atomic mass is 15.1. The van der Waals surface area contributed by atoms with Gasteiger partial charge in [-0.3, -0.25) is 0 Å². The second kappa shape index (κ2) is 5.65. The molecule has 1 aromatic carbocycles. The third kappa shape index (κ3) is 3.30. The number of nitrogens with zero attached hydrogens (tertiary/aromatic N) is 1. The van der Waals surface area contributed by atoms with E-state index >= 15 is 0 Å². The van der Waals surface area contributed by atoms with Gasteiger partial charge in [-0.2, -0.15) is 0 Å². The molecule has 2 rings (SSSR count). The van der Waals surface area contributed by atoms with Gasteiger partial charge >= 0.3 is 0 Å². The van der Waals surface area contributed by atoms with Crippen LogP contribution >= 0.6 is 0 Å². The maximum atomic E-state index is 3.46. The summed E-state index contributed by atoms with van der Waals surface area (Å²) in [5.41, 5.74) is 3.11. The molecule has 1 aliphatic rings. The summed E-state index contributed by atoms with van der Waals surface area (Å²) in [7, 11) is 2.23. The van der Waals surface area contributed by atoms with Gasteiger partial charge in [-0.1, -0.05) is 38.1 Å². The molecule has 1 aliphatic carbocycles. The van der Waals surface area contributed by atoms with Gasteiger partial charge in [0, 0.05) is 31.6 Å². The minimum absolute atomic E-state index is 0.591. The van der Waals surface area contributed by atoms with Crippen molar-refractivity contribution in [2.24, 2.45) is 0 Å². The van der Waals surface area contributed by atoms with Gasteiger partial charge in [0.2, 0.25) is 0 Å². The number of fused-ring (bicyclic) bond motifs is 1. The predicted molar refractivity (Wildman–Crippen MR) is 73.5 cm³/mol. The molecule has 0 aromatic heterocycles. The second-order valence-corrected chi connectivity index (χ2v) is 5.47. The molecule has 1 unspecified atom stereocenters. The first kappa shape index (κ1) is 12.6. The van der Waals surface area contributed by atoms with E-state index in [0.717, 1.165) is 19.0 Å². The quantitative estimate of drug-likeness (QED) is 0.809. The van der Waals surface area contributed by atoms with Crippen molar-refractivity contribution in [2.45, 2.75) is 32.2 Å². The van der Waals surface area contributed by atoms with Crippen molar-refractivity contribution in [1.29, 1.82) is 0 Å². The van der Waals surface area contributed by atoms with Gasteiger partial charge in [0.25, 0.3) is 0 Å². The third-order valence-electron chi connectivity index (χ3n) is 3.54. The summed E-state index contributed by atoms with van der Waals surface area (Å²) in [6, 6.07) is 9.43. The summed E-state index contributed by atoms with van der Waals surface area (Å²) < 4.78 is 0. The zero-order valence-corrected chi connectivity index (χ0v) is 11.2. The number of rotatable bonds is 6. The van der Waals surface area contributed by atoms with Crippen molar-refractivity contribution >= 4 is 0 Å². The Hall–Kier alpha value is -0.860. The van der Waals surface area contributed by atoms with E-state index in [9.17, 15) is 0 Å². The first-order valence-electron chi connectivity index (χ1n) is 6.66. The van der Waals surface area contributed by atoms with E-state index in [4.69, 9.17) is 0 Å². The SMILES string of the molecule is CC(C)NCCN(C)CC1Cc2ccccc21. The summed E-state index contributed by atoms with van der Waals surface area (Å²) in [5, 5.41) is 3.46. The highest BCUT2D eigenvalue weighted by Gasteiger charge is 2.25. The number of hydrogen-bond acceptors (Lipinski definition) is 2. The Morgan fingerprint density at radius 2 is 2.12 bits per heavy atom. The van der Waals surface area contributed by atoms with Gasteiger partial charge in [-0.25, -0.2) is 0 Å². The van der Waals surface area contributed by atoms with Gasteiger partial charge in [0.1, 0.15) is 0 Å². The average molecular weight is 232 g/mol. The van der Waals surface area contributed by atoms with Crippen LogP contribution in [0.2, 0.25) is 0 Å². The monoisotopic (exact) mass is 232 g/mol. The Balaban J connectivity index is 1.72. The molecule has 0 saturated carbocycles. The van der Waals surface area contributed by atoms with E-state index in [-0.39, 0.29) is 0 Å². The Morgan fingerprint density at radius 3 is 2.82 bits per heavy atom. The van der Waals surface area contributed by atoms with Gasteiger partial charge < -0.3 is 10.2 Å². The fraction of sp³-hybridized carbons (Fsp3) is 0.600. The molecule has 0 fully saturated rings. The lowest BCUT2D eigenvalue weighted by atomic mass is 9.77.